The summed E-state index contributed by atoms with van der Waals surface area (Å²) in [4.78, 5) is 0. The summed E-state index contributed by atoms with van der Waals surface area (Å²) in [5, 5.41) is 26.3. The lowest BCUT2D eigenvalue weighted by Crippen LogP contribution is -2.07. The molecule has 1 rings (SSSR count). The van der Waals surface area contributed by atoms with Crippen LogP contribution in [0.4, 0.5) is 0 Å². The number of hydrogen-bond acceptors (Lipinski definition) is 3. The third kappa shape index (κ3) is 1.51. The lowest BCUT2D eigenvalue weighted by atomic mass is 9.94. The van der Waals surface area contributed by atoms with Gasteiger partial charge in [0, 0.05) is 18.5 Å². The molecule has 1 aliphatic carbocycles. The van der Waals surface area contributed by atoms with Gasteiger partial charge in [-0.05, 0) is 12.3 Å². The monoisotopic (exact) mass is 142 g/mol. The molecule has 0 aromatic carbocycles. The minimum Gasteiger partial charge on any atom is -0.403 e. The number of aliphatic hydroxyl groups excluding tert-OH is 3. The normalized spacial score (nSPS) is 41.3. The van der Waals surface area contributed by atoms with E-state index in [9.17, 15) is 0 Å². The highest BCUT2D eigenvalue weighted by Crippen LogP contribution is 2.41. The fourth-order valence-electron chi connectivity index (χ4n) is 1.26. The van der Waals surface area contributed by atoms with Gasteiger partial charge in [0.15, 0.2) is 0 Å². The van der Waals surface area contributed by atoms with Crippen LogP contribution in [0.15, 0.2) is 0 Å². The standard InChI is InChI=1S/C6H11BO3/c7-5(9)1-3-4(2-8)6(3)10/h3-6,8-10H,1-2H2/t3?,4-,5?,6?/m0/s1. The van der Waals surface area contributed by atoms with Crippen LogP contribution in [0.25, 0.3) is 0 Å². The van der Waals surface area contributed by atoms with Gasteiger partial charge in [0.05, 0.1) is 6.10 Å². The van der Waals surface area contributed by atoms with Crippen molar-refractivity contribution in [2.24, 2.45) is 11.8 Å². The highest BCUT2D eigenvalue weighted by atomic mass is 16.3. The Morgan fingerprint density at radius 2 is 2.00 bits per heavy atom. The molecule has 0 saturated heterocycles. The van der Waals surface area contributed by atoms with Gasteiger partial charge < -0.3 is 15.3 Å². The first-order valence-corrected chi connectivity index (χ1v) is 3.39. The van der Waals surface area contributed by atoms with Gasteiger partial charge in [-0.25, -0.2) is 0 Å². The van der Waals surface area contributed by atoms with Crippen molar-refractivity contribution in [1.82, 2.24) is 0 Å². The van der Waals surface area contributed by atoms with E-state index in [2.05, 4.69) is 0 Å². The number of hydrogen-bond donors (Lipinski definition) is 3. The Morgan fingerprint density at radius 3 is 2.30 bits per heavy atom. The molecule has 0 aliphatic heterocycles. The Balaban J connectivity index is 2.21. The van der Waals surface area contributed by atoms with Gasteiger partial charge in [-0.15, -0.1) is 0 Å². The molecule has 1 saturated carbocycles. The van der Waals surface area contributed by atoms with Crippen LogP contribution in [0.1, 0.15) is 6.42 Å². The van der Waals surface area contributed by atoms with Crippen LogP contribution in [0.5, 0.6) is 0 Å². The average molecular weight is 142 g/mol. The minimum atomic E-state index is -0.865. The fraction of sp³-hybridized carbons (Fsp3) is 1.00. The number of rotatable bonds is 3. The van der Waals surface area contributed by atoms with E-state index in [1.165, 1.54) is 0 Å². The molecule has 3 unspecified atom stereocenters. The molecule has 0 spiro atoms. The highest BCUT2D eigenvalue weighted by Gasteiger charge is 2.48. The second-order valence-electron chi connectivity index (χ2n) is 2.80. The first kappa shape index (κ1) is 8.05. The Bertz CT molecular complexity index is 118. The van der Waals surface area contributed by atoms with Gasteiger partial charge in [-0.1, -0.05) is 0 Å². The predicted octanol–water partition coefficient (Wildman–Crippen LogP) is -1.54. The fourth-order valence-corrected chi connectivity index (χ4v) is 1.26. The van der Waals surface area contributed by atoms with Crippen LogP contribution in [0.3, 0.4) is 0 Å². The van der Waals surface area contributed by atoms with E-state index in [0.717, 1.165) is 0 Å². The lowest BCUT2D eigenvalue weighted by Gasteiger charge is -2.00. The van der Waals surface area contributed by atoms with Crippen molar-refractivity contribution < 1.29 is 15.3 Å². The van der Waals surface area contributed by atoms with Gasteiger partial charge in [0.25, 0.3) is 0 Å². The molecule has 4 heteroatoms. The van der Waals surface area contributed by atoms with Crippen LogP contribution in [-0.2, 0) is 0 Å². The summed E-state index contributed by atoms with van der Waals surface area (Å²) in [5.74, 6) is -0.0526. The van der Waals surface area contributed by atoms with E-state index >= 15 is 0 Å². The predicted molar refractivity (Wildman–Crippen MR) is 36.5 cm³/mol. The molecule has 2 radical (unpaired) electrons. The molecule has 4 atom stereocenters. The van der Waals surface area contributed by atoms with Crippen molar-refractivity contribution in [2.45, 2.75) is 18.5 Å². The van der Waals surface area contributed by atoms with E-state index < -0.39 is 12.1 Å². The van der Waals surface area contributed by atoms with E-state index in [1.807, 2.05) is 0 Å². The van der Waals surface area contributed by atoms with Crippen LogP contribution in [0.2, 0.25) is 0 Å². The van der Waals surface area contributed by atoms with Gasteiger partial charge in [0.2, 0.25) is 0 Å². The molecule has 3 nitrogen and oxygen atoms in total. The van der Waals surface area contributed by atoms with Crippen molar-refractivity contribution in [2.75, 3.05) is 6.61 Å². The molecule has 0 bridgehead atoms. The van der Waals surface area contributed by atoms with E-state index in [1.54, 1.807) is 0 Å². The Kier molecular flexibility index (Phi) is 2.34. The van der Waals surface area contributed by atoms with Gasteiger partial charge >= 0.3 is 0 Å². The topological polar surface area (TPSA) is 60.7 Å². The molecule has 0 amide bonds. The lowest BCUT2D eigenvalue weighted by molar-refractivity contribution is 0.203. The van der Waals surface area contributed by atoms with Gasteiger partial charge in [0.1, 0.15) is 7.85 Å². The maximum atomic E-state index is 9.01. The summed E-state index contributed by atoms with van der Waals surface area (Å²) in [6.07, 6.45) is -0.0740. The van der Waals surface area contributed by atoms with Crippen molar-refractivity contribution in [3.05, 3.63) is 0 Å². The first-order valence-electron chi connectivity index (χ1n) is 3.39. The molecule has 1 fully saturated rings. The second-order valence-corrected chi connectivity index (χ2v) is 2.80. The maximum Gasteiger partial charge on any atom is 0.108 e. The highest BCUT2D eigenvalue weighted by molar-refractivity contribution is 6.10. The smallest absolute Gasteiger partial charge is 0.108 e. The molecular formula is C6H11BO3. The van der Waals surface area contributed by atoms with Crippen LogP contribution >= 0.6 is 0 Å². The van der Waals surface area contributed by atoms with Crippen molar-refractivity contribution >= 4 is 7.85 Å². The summed E-state index contributed by atoms with van der Waals surface area (Å²) in [5.41, 5.74) is 0. The zero-order valence-electron chi connectivity index (χ0n) is 5.64. The molecule has 0 aromatic rings. The Morgan fingerprint density at radius 1 is 1.40 bits per heavy atom. The first-order chi connectivity index (χ1) is 4.66. The Hall–Kier alpha value is -0.0551. The number of aliphatic hydroxyl groups is 3. The van der Waals surface area contributed by atoms with E-state index in [0.29, 0.717) is 6.42 Å². The summed E-state index contributed by atoms with van der Waals surface area (Å²) < 4.78 is 0. The van der Waals surface area contributed by atoms with Crippen molar-refractivity contribution in [3.8, 4) is 0 Å². The van der Waals surface area contributed by atoms with Crippen molar-refractivity contribution in [3.63, 3.8) is 0 Å². The zero-order valence-corrected chi connectivity index (χ0v) is 5.64. The molecule has 10 heavy (non-hydrogen) atoms. The van der Waals surface area contributed by atoms with Crippen LogP contribution in [-0.4, -0.2) is 41.9 Å². The Labute approximate surface area is 61.1 Å². The average Bonchev–Trinajstić information content (AvgIpc) is 2.41. The SMILES string of the molecule is [B]C(O)CC1C(O)[C@H]1CO. The summed E-state index contributed by atoms with van der Waals surface area (Å²) in [6.45, 7) is -0.0153. The molecule has 0 heterocycles. The van der Waals surface area contributed by atoms with Crippen LogP contribution < -0.4 is 0 Å². The maximum absolute atomic E-state index is 9.01. The third-order valence-corrected chi connectivity index (χ3v) is 2.01. The van der Waals surface area contributed by atoms with E-state index in [-0.39, 0.29) is 18.4 Å². The van der Waals surface area contributed by atoms with E-state index in [4.69, 9.17) is 23.2 Å². The second kappa shape index (κ2) is 2.90. The molecular weight excluding hydrogens is 131 g/mol. The van der Waals surface area contributed by atoms with Gasteiger partial charge in [-0.3, -0.25) is 0 Å². The molecule has 0 aromatic heterocycles. The molecule has 1 aliphatic rings. The minimum absolute atomic E-state index is 0.00463. The summed E-state index contributed by atoms with van der Waals surface area (Å²) in [6, 6.07) is -0.865. The van der Waals surface area contributed by atoms with Crippen molar-refractivity contribution in [1.29, 1.82) is 0 Å². The zero-order chi connectivity index (χ0) is 7.72. The molecule has 56 valence electrons. The quantitative estimate of drug-likeness (QED) is 0.418. The van der Waals surface area contributed by atoms with Gasteiger partial charge in [-0.2, -0.15) is 0 Å². The van der Waals surface area contributed by atoms with Crippen LogP contribution in [0, 0.1) is 11.8 Å². The summed E-state index contributed by atoms with van der Waals surface area (Å²) >= 11 is 0. The molecule has 3 N–H and O–H groups in total. The largest absolute Gasteiger partial charge is 0.403 e. The summed E-state index contributed by atoms with van der Waals surface area (Å²) in [7, 11) is 5.08. The third-order valence-electron chi connectivity index (χ3n) is 2.01.